The highest BCUT2D eigenvalue weighted by Gasteiger charge is 2.04. The Labute approximate surface area is 104 Å². The molecule has 0 unspecified atom stereocenters. The second-order valence-corrected chi connectivity index (χ2v) is 4.15. The average molecular weight is 237 g/mol. The zero-order valence-corrected chi connectivity index (χ0v) is 9.54. The highest BCUT2D eigenvalue weighted by molar-refractivity contribution is 5.85. The van der Waals surface area contributed by atoms with Crippen molar-refractivity contribution in [2.45, 2.75) is 0 Å². The Balaban J connectivity index is 2.19. The monoisotopic (exact) mass is 237 g/mol. The molecule has 2 aromatic carbocycles. The molecule has 18 heavy (non-hydrogen) atoms. The second-order valence-electron chi connectivity index (χ2n) is 4.15. The summed E-state index contributed by atoms with van der Waals surface area (Å²) in [5, 5.41) is 21.1. The van der Waals surface area contributed by atoms with Gasteiger partial charge in [0.2, 0.25) is 0 Å². The molecular weight excluding hydrogens is 226 g/mol. The summed E-state index contributed by atoms with van der Waals surface area (Å²) in [7, 11) is 0. The van der Waals surface area contributed by atoms with Gasteiger partial charge in [-0.2, -0.15) is 0 Å². The van der Waals surface area contributed by atoms with Crippen LogP contribution < -0.4 is 0 Å². The number of pyridine rings is 1. The summed E-state index contributed by atoms with van der Waals surface area (Å²) < 4.78 is 0. The van der Waals surface area contributed by atoms with Crippen LogP contribution in [0.4, 0.5) is 0 Å². The molecule has 0 bridgehead atoms. The molecule has 0 radical (unpaired) electrons. The van der Waals surface area contributed by atoms with E-state index in [-0.39, 0.29) is 11.5 Å². The zero-order valence-electron chi connectivity index (χ0n) is 9.54. The van der Waals surface area contributed by atoms with Crippen molar-refractivity contribution < 1.29 is 10.2 Å². The molecule has 1 aromatic heterocycles. The van der Waals surface area contributed by atoms with Crippen LogP contribution in [0.15, 0.2) is 54.7 Å². The van der Waals surface area contributed by atoms with E-state index in [1.165, 1.54) is 6.07 Å². The van der Waals surface area contributed by atoms with Gasteiger partial charge in [-0.25, -0.2) is 0 Å². The van der Waals surface area contributed by atoms with E-state index in [0.29, 0.717) is 5.56 Å². The van der Waals surface area contributed by atoms with Gasteiger partial charge in [-0.1, -0.05) is 24.3 Å². The number of phenolic OH excluding ortho intramolecular Hbond substituents is 2. The number of benzene rings is 2. The van der Waals surface area contributed by atoms with Crippen LogP contribution in [0, 0.1) is 0 Å². The minimum atomic E-state index is 0.0277. The molecule has 0 amide bonds. The Hall–Kier alpha value is -2.55. The van der Waals surface area contributed by atoms with Gasteiger partial charge in [-0.15, -0.1) is 0 Å². The highest BCUT2D eigenvalue weighted by Crippen LogP contribution is 2.28. The number of fused-ring (bicyclic) bond motifs is 1. The lowest BCUT2D eigenvalue weighted by molar-refractivity contribution is 0.451. The van der Waals surface area contributed by atoms with Crippen molar-refractivity contribution in [3.63, 3.8) is 0 Å². The lowest BCUT2D eigenvalue weighted by Crippen LogP contribution is -1.84. The molecular formula is C15H11NO2. The Bertz CT molecular complexity index is 702. The number of rotatable bonds is 1. The maximum Gasteiger partial charge on any atom is 0.119 e. The van der Waals surface area contributed by atoms with Crippen molar-refractivity contribution in [1.29, 1.82) is 0 Å². The number of hydrogen-bond acceptors (Lipinski definition) is 3. The summed E-state index contributed by atoms with van der Waals surface area (Å²) in [4.78, 5) is 4.34. The molecule has 0 saturated carbocycles. The first-order valence-electron chi connectivity index (χ1n) is 5.60. The van der Waals surface area contributed by atoms with Crippen LogP contribution in [-0.4, -0.2) is 15.2 Å². The summed E-state index contributed by atoms with van der Waals surface area (Å²) in [6, 6.07) is 14.3. The van der Waals surface area contributed by atoms with Gasteiger partial charge in [0.1, 0.15) is 11.5 Å². The van der Waals surface area contributed by atoms with Crippen LogP contribution in [0.3, 0.4) is 0 Å². The summed E-state index contributed by atoms with van der Waals surface area (Å²) in [6.07, 6.45) is 1.78. The normalized spacial score (nSPS) is 10.7. The number of phenols is 2. The summed E-state index contributed by atoms with van der Waals surface area (Å²) in [5.74, 6) is 0.0555. The smallest absolute Gasteiger partial charge is 0.119 e. The summed E-state index contributed by atoms with van der Waals surface area (Å²) in [5.41, 5.74) is 1.41. The van der Waals surface area contributed by atoms with E-state index >= 15 is 0 Å². The molecule has 1 heterocycles. The predicted molar refractivity (Wildman–Crippen MR) is 70.5 cm³/mol. The van der Waals surface area contributed by atoms with E-state index in [9.17, 15) is 10.2 Å². The fraction of sp³-hybridized carbons (Fsp3) is 0. The van der Waals surface area contributed by atoms with Gasteiger partial charge < -0.3 is 10.2 Å². The first-order valence-corrected chi connectivity index (χ1v) is 5.60. The molecule has 0 fully saturated rings. The van der Waals surface area contributed by atoms with Crippen LogP contribution in [0.1, 0.15) is 0 Å². The summed E-state index contributed by atoms with van der Waals surface area (Å²) in [6.45, 7) is 0. The van der Waals surface area contributed by atoms with E-state index in [2.05, 4.69) is 4.98 Å². The van der Waals surface area contributed by atoms with Gasteiger partial charge >= 0.3 is 0 Å². The van der Waals surface area contributed by atoms with E-state index in [1.54, 1.807) is 18.3 Å². The van der Waals surface area contributed by atoms with Crippen molar-refractivity contribution in [3.05, 3.63) is 54.7 Å². The van der Waals surface area contributed by atoms with Gasteiger partial charge in [-0.05, 0) is 23.6 Å². The molecule has 0 aliphatic heterocycles. The van der Waals surface area contributed by atoms with E-state index in [0.717, 1.165) is 16.5 Å². The van der Waals surface area contributed by atoms with E-state index < -0.39 is 0 Å². The van der Waals surface area contributed by atoms with E-state index in [1.807, 2.05) is 30.3 Å². The topological polar surface area (TPSA) is 53.4 Å². The maximum atomic E-state index is 9.48. The molecule has 2 N–H and O–H groups in total. The molecule has 0 spiro atoms. The van der Waals surface area contributed by atoms with Gasteiger partial charge in [0.15, 0.2) is 0 Å². The second kappa shape index (κ2) is 4.04. The third-order valence-corrected chi connectivity index (χ3v) is 2.83. The average Bonchev–Trinajstić information content (AvgIpc) is 2.37. The molecule has 0 aliphatic rings. The van der Waals surface area contributed by atoms with Crippen LogP contribution in [0.5, 0.6) is 11.5 Å². The van der Waals surface area contributed by atoms with Crippen LogP contribution in [0.25, 0.3) is 22.0 Å². The Morgan fingerprint density at radius 1 is 0.778 bits per heavy atom. The molecule has 88 valence electrons. The Kier molecular flexibility index (Phi) is 2.38. The third kappa shape index (κ3) is 1.86. The zero-order chi connectivity index (χ0) is 12.5. The van der Waals surface area contributed by atoms with Crippen LogP contribution in [0.2, 0.25) is 0 Å². The fourth-order valence-electron chi connectivity index (χ4n) is 1.98. The third-order valence-electron chi connectivity index (χ3n) is 2.83. The standard InChI is InChI=1S/C15H11NO2/c17-13-5-12(6-14(18)8-13)15-7-10-3-1-2-4-11(10)9-16-15/h1-9,17-18H. The minimum absolute atomic E-state index is 0.0277. The quantitative estimate of drug-likeness (QED) is 0.682. The fourth-order valence-corrected chi connectivity index (χ4v) is 1.98. The van der Waals surface area contributed by atoms with Gasteiger partial charge in [0.05, 0.1) is 5.69 Å². The highest BCUT2D eigenvalue weighted by atomic mass is 16.3. The molecule has 0 aliphatic carbocycles. The maximum absolute atomic E-state index is 9.48. The van der Waals surface area contributed by atoms with Gasteiger partial charge in [0, 0.05) is 23.2 Å². The number of aromatic nitrogens is 1. The van der Waals surface area contributed by atoms with Crippen LogP contribution in [-0.2, 0) is 0 Å². The van der Waals surface area contributed by atoms with E-state index in [4.69, 9.17) is 0 Å². The number of hydrogen-bond donors (Lipinski definition) is 2. The van der Waals surface area contributed by atoms with Gasteiger partial charge in [0.25, 0.3) is 0 Å². The lowest BCUT2D eigenvalue weighted by Gasteiger charge is -2.04. The first kappa shape index (κ1) is 10.6. The molecule has 0 atom stereocenters. The molecule has 3 heteroatoms. The Morgan fingerprint density at radius 2 is 1.44 bits per heavy atom. The molecule has 3 aromatic rings. The largest absolute Gasteiger partial charge is 0.508 e. The first-order chi connectivity index (χ1) is 8.72. The van der Waals surface area contributed by atoms with Crippen LogP contribution >= 0.6 is 0 Å². The summed E-state index contributed by atoms with van der Waals surface area (Å²) >= 11 is 0. The van der Waals surface area contributed by atoms with Crippen molar-refractivity contribution in [2.75, 3.05) is 0 Å². The number of aromatic hydroxyl groups is 2. The van der Waals surface area contributed by atoms with Crippen molar-refractivity contribution >= 4 is 10.8 Å². The molecule has 0 saturated heterocycles. The van der Waals surface area contributed by atoms with Gasteiger partial charge in [-0.3, -0.25) is 4.98 Å². The lowest BCUT2D eigenvalue weighted by atomic mass is 10.1. The SMILES string of the molecule is Oc1cc(O)cc(-c2cc3ccccc3cn2)c1. The van der Waals surface area contributed by atoms with Crippen molar-refractivity contribution in [2.24, 2.45) is 0 Å². The molecule has 3 rings (SSSR count). The number of nitrogens with zero attached hydrogens (tertiary/aromatic N) is 1. The predicted octanol–water partition coefficient (Wildman–Crippen LogP) is 3.31. The van der Waals surface area contributed by atoms with Crippen molar-refractivity contribution in [1.82, 2.24) is 4.98 Å². The minimum Gasteiger partial charge on any atom is -0.508 e. The van der Waals surface area contributed by atoms with Crippen molar-refractivity contribution in [3.8, 4) is 22.8 Å². The molecule has 3 nitrogen and oxygen atoms in total. The Morgan fingerprint density at radius 3 is 2.17 bits per heavy atom.